The molecular formula is C14H18FNO. The molecular weight excluding hydrogens is 217 g/mol. The minimum atomic E-state index is -0.553. The number of hydrogen-bond donors (Lipinski definition) is 2. The first kappa shape index (κ1) is 12.1. The maximum absolute atomic E-state index is 13.0. The zero-order valence-electron chi connectivity index (χ0n) is 9.88. The van der Waals surface area contributed by atoms with Gasteiger partial charge in [-0.1, -0.05) is 23.8 Å². The number of aromatic hydroxyl groups is 1. The van der Waals surface area contributed by atoms with E-state index in [0.29, 0.717) is 12.1 Å². The summed E-state index contributed by atoms with van der Waals surface area (Å²) < 4.78 is 13.0. The number of benzene rings is 1. The monoisotopic (exact) mass is 235 g/mol. The number of rotatable bonds is 5. The summed E-state index contributed by atoms with van der Waals surface area (Å²) in [7, 11) is 0. The van der Waals surface area contributed by atoms with Crippen LogP contribution in [0.5, 0.6) is 5.75 Å². The standard InChI is InChI=1S/C14H18FNO/c15-13-7-3-6-12(14(13)17)10-16-9-8-11-4-1-2-5-11/h3-4,6-7,16-17H,1-2,5,8-10H2. The highest BCUT2D eigenvalue weighted by Gasteiger charge is 2.06. The van der Waals surface area contributed by atoms with E-state index >= 15 is 0 Å². The van der Waals surface area contributed by atoms with E-state index in [2.05, 4.69) is 11.4 Å². The minimum absolute atomic E-state index is 0.236. The first-order valence-electron chi connectivity index (χ1n) is 6.12. The molecule has 2 nitrogen and oxygen atoms in total. The number of hydrogen-bond acceptors (Lipinski definition) is 2. The lowest BCUT2D eigenvalue weighted by Gasteiger charge is -2.07. The lowest BCUT2D eigenvalue weighted by atomic mass is 10.1. The number of phenolic OH excluding ortho intramolecular Hbond substituents is 1. The van der Waals surface area contributed by atoms with Crippen LogP contribution >= 0.6 is 0 Å². The average Bonchev–Trinajstić information content (AvgIpc) is 2.83. The van der Waals surface area contributed by atoms with Gasteiger partial charge in [-0.05, 0) is 38.3 Å². The number of phenols is 1. The molecule has 1 aromatic rings. The van der Waals surface area contributed by atoms with Gasteiger partial charge in [-0.25, -0.2) is 4.39 Å². The Labute approximate surface area is 101 Å². The zero-order chi connectivity index (χ0) is 12.1. The van der Waals surface area contributed by atoms with E-state index in [9.17, 15) is 9.50 Å². The highest BCUT2D eigenvalue weighted by atomic mass is 19.1. The van der Waals surface area contributed by atoms with Gasteiger partial charge in [0.1, 0.15) is 0 Å². The van der Waals surface area contributed by atoms with E-state index in [4.69, 9.17) is 0 Å². The Hall–Kier alpha value is -1.35. The van der Waals surface area contributed by atoms with Crippen molar-refractivity contribution < 1.29 is 9.50 Å². The van der Waals surface area contributed by atoms with Crippen molar-refractivity contribution in [2.45, 2.75) is 32.2 Å². The first-order chi connectivity index (χ1) is 8.27. The lowest BCUT2D eigenvalue weighted by Crippen LogP contribution is -2.15. The molecule has 1 aliphatic carbocycles. The number of nitrogens with one attached hydrogen (secondary N) is 1. The molecule has 0 unspecified atom stereocenters. The second-order valence-electron chi connectivity index (χ2n) is 4.43. The van der Waals surface area contributed by atoms with E-state index in [1.165, 1.54) is 30.9 Å². The summed E-state index contributed by atoms with van der Waals surface area (Å²) in [5.74, 6) is -0.789. The van der Waals surface area contributed by atoms with Crippen LogP contribution in [0.3, 0.4) is 0 Å². The van der Waals surface area contributed by atoms with Gasteiger partial charge in [0, 0.05) is 12.1 Å². The summed E-state index contributed by atoms with van der Waals surface area (Å²) in [6, 6.07) is 4.62. The van der Waals surface area contributed by atoms with E-state index < -0.39 is 5.82 Å². The maximum atomic E-state index is 13.0. The molecule has 0 spiro atoms. The quantitative estimate of drug-likeness (QED) is 0.607. The molecule has 0 amide bonds. The topological polar surface area (TPSA) is 32.3 Å². The van der Waals surface area contributed by atoms with Crippen molar-refractivity contribution in [2.75, 3.05) is 6.54 Å². The summed E-state index contributed by atoms with van der Waals surface area (Å²) in [6.07, 6.45) is 7.06. The van der Waals surface area contributed by atoms with Crippen molar-refractivity contribution in [3.8, 4) is 5.75 Å². The Morgan fingerprint density at radius 3 is 3.00 bits per heavy atom. The summed E-state index contributed by atoms with van der Waals surface area (Å²) in [5.41, 5.74) is 2.13. The van der Waals surface area contributed by atoms with E-state index in [-0.39, 0.29) is 5.75 Å². The maximum Gasteiger partial charge on any atom is 0.165 e. The molecule has 2 rings (SSSR count). The Morgan fingerprint density at radius 1 is 1.35 bits per heavy atom. The van der Waals surface area contributed by atoms with Crippen LogP contribution in [-0.4, -0.2) is 11.7 Å². The van der Waals surface area contributed by atoms with Crippen LogP contribution in [0.2, 0.25) is 0 Å². The Bertz CT molecular complexity index is 415. The van der Waals surface area contributed by atoms with Crippen LogP contribution < -0.4 is 5.32 Å². The molecule has 0 bridgehead atoms. The highest BCUT2D eigenvalue weighted by Crippen LogP contribution is 2.21. The highest BCUT2D eigenvalue weighted by molar-refractivity contribution is 5.33. The SMILES string of the molecule is Oc1c(F)cccc1CNCCC1=CCCC1. The van der Waals surface area contributed by atoms with Gasteiger partial charge in [-0.2, -0.15) is 0 Å². The molecule has 1 aliphatic rings. The first-order valence-corrected chi connectivity index (χ1v) is 6.12. The van der Waals surface area contributed by atoms with Crippen LogP contribution in [0.4, 0.5) is 4.39 Å². The van der Waals surface area contributed by atoms with E-state index in [1.54, 1.807) is 12.1 Å². The van der Waals surface area contributed by atoms with Crippen molar-refractivity contribution in [3.05, 3.63) is 41.2 Å². The molecule has 3 heteroatoms. The molecule has 0 heterocycles. The molecule has 0 radical (unpaired) electrons. The molecule has 0 saturated heterocycles. The third-order valence-corrected chi connectivity index (χ3v) is 3.14. The second kappa shape index (κ2) is 5.82. The van der Waals surface area contributed by atoms with Gasteiger partial charge < -0.3 is 10.4 Å². The fourth-order valence-electron chi connectivity index (χ4n) is 2.14. The number of para-hydroxylation sites is 1. The molecule has 0 fully saturated rings. The molecule has 92 valence electrons. The summed E-state index contributed by atoms with van der Waals surface area (Å²) in [4.78, 5) is 0. The summed E-state index contributed by atoms with van der Waals surface area (Å²) >= 11 is 0. The molecule has 0 aliphatic heterocycles. The van der Waals surface area contributed by atoms with Crippen LogP contribution in [0.15, 0.2) is 29.8 Å². The van der Waals surface area contributed by atoms with Gasteiger partial charge in [0.05, 0.1) is 0 Å². The van der Waals surface area contributed by atoms with Crippen molar-refractivity contribution >= 4 is 0 Å². The van der Waals surface area contributed by atoms with Crippen molar-refractivity contribution in [2.24, 2.45) is 0 Å². The second-order valence-corrected chi connectivity index (χ2v) is 4.43. The van der Waals surface area contributed by atoms with Gasteiger partial charge in [-0.3, -0.25) is 0 Å². The Morgan fingerprint density at radius 2 is 2.24 bits per heavy atom. The largest absolute Gasteiger partial charge is 0.505 e. The van der Waals surface area contributed by atoms with E-state index in [0.717, 1.165) is 13.0 Å². The molecule has 0 aromatic heterocycles. The normalized spacial score (nSPS) is 15.0. The Kier molecular flexibility index (Phi) is 4.15. The molecule has 1 aromatic carbocycles. The fraction of sp³-hybridized carbons (Fsp3) is 0.429. The van der Waals surface area contributed by atoms with Crippen LogP contribution in [-0.2, 0) is 6.54 Å². The lowest BCUT2D eigenvalue weighted by molar-refractivity contribution is 0.423. The third kappa shape index (κ3) is 3.30. The number of halogens is 1. The molecule has 0 atom stereocenters. The van der Waals surface area contributed by atoms with Gasteiger partial charge in [-0.15, -0.1) is 0 Å². The predicted molar refractivity (Wildman–Crippen MR) is 66.3 cm³/mol. The minimum Gasteiger partial charge on any atom is -0.505 e. The van der Waals surface area contributed by atoms with Gasteiger partial charge in [0.25, 0.3) is 0 Å². The fourth-order valence-corrected chi connectivity index (χ4v) is 2.14. The van der Waals surface area contributed by atoms with Crippen molar-refractivity contribution in [3.63, 3.8) is 0 Å². The van der Waals surface area contributed by atoms with Crippen molar-refractivity contribution in [1.82, 2.24) is 5.32 Å². The Balaban J connectivity index is 1.76. The smallest absolute Gasteiger partial charge is 0.165 e. The third-order valence-electron chi connectivity index (χ3n) is 3.14. The van der Waals surface area contributed by atoms with Gasteiger partial charge in [0.15, 0.2) is 11.6 Å². The van der Waals surface area contributed by atoms with Gasteiger partial charge in [0.2, 0.25) is 0 Å². The van der Waals surface area contributed by atoms with Crippen LogP contribution in [0.1, 0.15) is 31.2 Å². The molecule has 0 saturated carbocycles. The van der Waals surface area contributed by atoms with Gasteiger partial charge >= 0.3 is 0 Å². The summed E-state index contributed by atoms with van der Waals surface area (Å²) in [6.45, 7) is 1.39. The van der Waals surface area contributed by atoms with Crippen molar-refractivity contribution in [1.29, 1.82) is 0 Å². The summed E-state index contributed by atoms with van der Waals surface area (Å²) in [5, 5.41) is 12.7. The molecule has 17 heavy (non-hydrogen) atoms. The average molecular weight is 235 g/mol. The number of allylic oxidation sites excluding steroid dienone is 1. The zero-order valence-corrected chi connectivity index (χ0v) is 9.88. The van der Waals surface area contributed by atoms with Crippen LogP contribution in [0, 0.1) is 5.82 Å². The predicted octanol–water partition coefficient (Wildman–Crippen LogP) is 3.12. The van der Waals surface area contributed by atoms with Crippen LogP contribution in [0.25, 0.3) is 0 Å². The van der Waals surface area contributed by atoms with E-state index in [1.807, 2.05) is 0 Å². The molecule has 2 N–H and O–H groups in total.